The number of nitrogens with zero attached hydrogens (tertiary/aromatic N) is 4. The van der Waals surface area contributed by atoms with Crippen LogP contribution in [0.4, 0.5) is 0 Å². The summed E-state index contributed by atoms with van der Waals surface area (Å²) in [5.41, 5.74) is 3.11. The molecule has 5 nitrogen and oxygen atoms in total. The number of carbonyl (C=O) groups is 1. The van der Waals surface area contributed by atoms with Gasteiger partial charge in [0.25, 0.3) is 5.91 Å². The number of rotatable bonds is 4. The number of amides is 1. The van der Waals surface area contributed by atoms with E-state index in [4.69, 9.17) is 21.8 Å². The van der Waals surface area contributed by atoms with E-state index in [0.29, 0.717) is 24.2 Å². The zero-order valence-corrected chi connectivity index (χ0v) is 17.3. The van der Waals surface area contributed by atoms with Crippen molar-refractivity contribution in [3.05, 3.63) is 75.1 Å². The van der Waals surface area contributed by atoms with Crippen molar-refractivity contribution in [3.63, 3.8) is 0 Å². The van der Waals surface area contributed by atoms with Gasteiger partial charge >= 0.3 is 0 Å². The Balaban J connectivity index is 1.34. The Morgan fingerprint density at radius 1 is 1.14 bits per heavy atom. The molecule has 3 aromatic rings. The summed E-state index contributed by atoms with van der Waals surface area (Å²) in [6, 6.07) is 16.7. The number of hydrogen-bond donors (Lipinski definition) is 0. The molecule has 0 N–H and O–H groups in total. The largest absolute Gasteiger partial charge is 0.336 e. The zero-order chi connectivity index (χ0) is 20.2. The molecule has 1 aromatic heterocycles. The summed E-state index contributed by atoms with van der Waals surface area (Å²) in [5, 5.41) is 12.9. The summed E-state index contributed by atoms with van der Waals surface area (Å²) in [7, 11) is 0. The van der Waals surface area contributed by atoms with Gasteiger partial charge in [-0.1, -0.05) is 29.8 Å². The lowest BCUT2D eigenvalue weighted by Crippen LogP contribution is -2.48. The Hall–Kier alpha value is -2.72. The van der Waals surface area contributed by atoms with Crippen LogP contribution < -0.4 is 0 Å². The van der Waals surface area contributed by atoms with Crippen LogP contribution in [0.3, 0.4) is 0 Å². The third-order valence-corrected chi connectivity index (χ3v) is 6.03. The quantitative estimate of drug-likeness (QED) is 0.629. The number of nitriles is 1. The van der Waals surface area contributed by atoms with Gasteiger partial charge in [0.15, 0.2) is 0 Å². The van der Waals surface area contributed by atoms with Crippen LogP contribution in [0.1, 0.15) is 20.9 Å². The average molecular weight is 423 g/mol. The minimum atomic E-state index is -0.0129. The molecule has 1 aliphatic rings. The number of hydrogen-bond acceptors (Lipinski definition) is 5. The summed E-state index contributed by atoms with van der Waals surface area (Å²) in [6.07, 6.45) is 0. The maximum atomic E-state index is 12.7. The van der Waals surface area contributed by atoms with Crippen molar-refractivity contribution in [3.8, 4) is 17.3 Å². The lowest BCUT2D eigenvalue weighted by atomic mass is 10.1. The predicted octanol–water partition coefficient (Wildman–Crippen LogP) is 4.29. The Bertz CT molecular complexity index is 1050. The van der Waals surface area contributed by atoms with Crippen LogP contribution in [0.5, 0.6) is 0 Å². The first-order valence-corrected chi connectivity index (χ1v) is 10.6. The number of benzene rings is 2. The number of carbonyl (C=O) groups excluding carboxylic acids is 1. The molecule has 2 aromatic carbocycles. The molecule has 4 rings (SSSR count). The van der Waals surface area contributed by atoms with Gasteiger partial charge in [0, 0.05) is 47.7 Å². The van der Waals surface area contributed by atoms with Crippen molar-refractivity contribution in [1.82, 2.24) is 14.8 Å². The van der Waals surface area contributed by atoms with Gasteiger partial charge in [-0.15, -0.1) is 11.3 Å². The molecule has 7 heteroatoms. The Morgan fingerprint density at radius 3 is 2.62 bits per heavy atom. The summed E-state index contributed by atoms with van der Waals surface area (Å²) in [4.78, 5) is 21.6. The monoisotopic (exact) mass is 422 g/mol. The van der Waals surface area contributed by atoms with Gasteiger partial charge in [-0.05, 0) is 30.3 Å². The highest BCUT2D eigenvalue weighted by Gasteiger charge is 2.23. The van der Waals surface area contributed by atoms with Crippen LogP contribution in [-0.2, 0) is 6.54 Å². The molecule has 1 amide bonds. The van der Waals surface area contributed by atoms with E-state index in [-0.39, 0.29) is 5.91 Å². The van der Waals surface area contributed by atoms with Crippen molar-refractivity contribution in [2.75, 3.05) is 26.2 Å². The Kier molecular flexibility index (Phi) is 5.91. The van der Waals surface area contributed by atoms with Gasteiger partial charge in [-0.2, -0.15) is 5.26 Å². The summed E-state index contributed by atoms with van der Waals surface area (Å²) in [5.74, 6) is -0.0129. The lowest BCUT2D eigenvalue weighted by molar-refractivity contribution is 0.0628. The molecule has 0 saturated carbocycles. The minimum Gasteiger partial charge on any atom is -0.336 e. The molecular formula is C22H19ClN4OS. The molecule has 1 fully saturated rings. The second kappa shape index (κ2) is 8.75. The van der Waals surface area contributed by atoms with E-state index in [9.17, 15) is 4.79 Å². The van der Waals surface area contributed by atoms with Gasteiger partial charge < -0.3 is 4.90 Å². The highest BCUT2D eigenvalue weighted by molar-refractivity contribution is 7.09. The molecule has 2 heterocycles. The predicted molar refractivity (Wildman–Crippen MR) is 115 cm³/mol. The average Bonchev–Trinajstić information content (AvgIpc) is 3.23. The maximum Gasteiger partial charge on any atom is 0.253 e. The summed E-state index contributed by atoms with van der Waals surface area (Å²) < 4.78 is 0. The molecule has 29 heavy (non-hydrogen) atoms. The number of halogens is 1. The van der Waals surface area contributed by atoms with Gasteiger partial charge in [0.2, 0.25) is 0 Å². The van der Waals surface area contributed by atoms with Crippen molar-refractivity contribution in [1.29, 1.82) is 5.26 Å². The molecule has 146 valence electrons. The third-order valence-electron chi connectivity index (χ3n) is 4.95. The second-order valence-corrected chi connectivity index (χ2v) is 8.27. The van der Waals surface area contributed by atoms with Crippen LogP contribution in [0, 0.1) is 11.3 Å². The number of aromatic nitrogens is 1. The Morgan fingerprint density at radius 2 is 1.90 bits per heavy atom. The zero-order valence-electron chi connectivity index (χ0n) is 15.7. The van der Waals surface area contributed by atoms with Gasteiger partial charge in [0.05, 0.1) is 23.9 Å². The topological polar surface area (TPSA) is 60.2 Å². The summed E-state index contributed by atoms with van der Waals surface area (Å²) in [6.45, 7) is 3.74. The fourth-order valence-corrected chi connectivity index (χ4v) is 4.31. The molecule has 0 radical (unpaired) electrons. The van der Waals surface area contributed by atoms with Gasteiger partial charge in [-0.25, -0.2) is 4.98 Å². The Labute approximate surface area is 178 Å². The molecule has 0 spiro atoms. The standard InChI is InChI=1S/C22H19ClN4OS/c23-19-6-4-17(5-7-19)20-15-29-21(25-20)14-26-8-10-27(11-9-26)22(28)18-3-1-2-16(12-18)13-24/h1-7,12,15H,8-11,14H2. The first kappa shape index (κ1) is 19.6. The number of piperazine rings is 1. The van der Waals surface area contributed by atoms with Crippen molar-refractivity contribution in [2.45, 2.75) is 6.54 Å². The van der Waals surface area contributed by atoms with E-state index in [1.807, 2.05) is 29.2 Å². The van der Waals surface area contributed by atoms with E-state index in [2.05, 4.69) is 16.3 Å². The van der Waals surface area contributed by atoms with E-state index in [0.717, 1.165) is 40.9 Å². The van der Waals surface area contributed by atoms with Crippen LogP contribution in [0.15, 0.2) is 53.9 Å². The highest BCUT2D eigenvalue weighted by atomic mass is 35.5. The first-order valence-electron chi connectivity index (χ1n) is 9.34. The van der Waals surface area contributed by atoms with Crippen LogP contribution in [-0.4, -0.2) is 46.9 Å². The smallest absolute Gasteiger partial charge is 0.253 e. The van der Waals surface area contributed by atoms with Crippen molar-refractivity contribution >= 4 is 28.8 Å². The van der Waals surface area contributed by atoms with Gasteiger partial charge in [-0.3, -0.25) is 9.69 Å². The maximum absolute atomic E-state index is 12.7. The first-order chi connectivity index (χ1) is 14.1. The molecule has 0 aliphatic carbocycles. The third kappa shape index (κ3) is 4.65. The highest BCUT2D eigenvalue weighted by Crippen LogP contribution is 2.24. The van der Waals surface area contributed by atoms with E-state index >= 15 is 0 Å². The molecule has 1 aliphatic heterocycles. The summed E-state index contributed by atoms with van der Waals surface area (Å²) >= 11 is 7.61. The van der Waals surface area contributed by atoms with E-state index in [1.54, 1.807) is 35.6 Å². The van der Waals surface area contributed by atoms with Crippen LogP contribution in [0.2, 0.25) is 5.02 Å². The SMILES string of the molecule is N#Cc1cccc(C(=O)N2CCN(Cc3nc(-c4ccc(Cl)cc4)cs3)CC2)c1. The van der Waals surface area contributed by atoms with Gasteiger partial charge in [0.1, 0.15) is 5.01 Å². The minimum absolute atomic E-state index is 0.0129. The number of thiazole rings is 1. The lowest BCUT2D eigenvalue weighted by Gasteiger charge is -2.34. The molecule has 0 bridgehead atoms. The normalized spacial score (nSPS) is 14.6. The van der Waals surface area contributed by atoms with Crippen LogP contribution in [0.25, 0.3) is 11.3 Å². The van der Waals surface area contributed by atoms with Crippen LogP contribution >= 0.6 is 22.9 Å². The molecule has 1 saturated heterocycles. The fraction of sp³-hybridized carbons (Fsp3) is 0.227. The molecule has 0 atom stereocenters. The fourth-order valence-electron chi connectivity index (χ4n) is 3.34. The van der Waals surface area contributed by atoms with E-state index < -0.39 is 0 Å². The second-order valence-electron chi connectivity index (χ2n) is 6.89. The van der Waals surface area contributed by atoms with Crippen molar-refractivity contribution < 1.29 is 4.79 Å². The molecule has 0 unspecified atom stereocenters. The van der Waals surface area contributed by atoms with Crippen molar-refractivity contribution in [2.24, 2.45) is 0 Å². The van der Waals surface area contributed by atoms with E-state index in [1.165, 1.54) is 0 Å². The molecular weight excluding hydrogens is 404 g/mol.